The highest BCUT2D eigenvalue weighted by Gasteiger charge is 2.16. The van der Waals surface area contributed by atoms with Crippen LogP contribution in [0.5, 0.6) is 0 Å². The molecule has 2 aromatic rings. The molecule has 1 heterocycles. The number of hydrogen-bond acceptors (Lipinski definition) is 3. The molecule has 0 aliphatic carbocycles. The number of imidazole rings is 1. The Morgan fingerprint density at radius 2 is 1.94 bits per heavy atom. The van der Waals surface area contributed by atoms with Gasteiger partial charge in [0.15, 0.2) is 0 Å². The minimum absolute atomic E-state index is 0.122. The summed E-state index contributed by atoms with van der Waals surface area (Å²) >= 11 is 6.01. The first-order valence-corrected chi connectivity index (χ1v) is 11.7. The van der Waals surface area contributed by atoms with E-state index in [1.54, 1.807) is 0 Å². The lowest BCUT2D eigenvalue weighted by atomic mass is 10.0. The van der Waals surface area contributed by atoms with Gasteiger partial charge < -0.3 is 9.72 Å². The average Bonchev–Trinajstić information content (AvgIpc) is 3.19. The van der Waals surface area contributed by atoms with Crippen LogP contribution in [0, 0.1) is 13.8 Å². The van der Waals surface area contributed by atoms with Gasteiger partial charge in [0.2, 0.25) is 0 Å². The SMILES string of the molecule is CCCC(=O)OC(CCC)c1ccc(Cl)c(C)c1.C\C=C/C(=C\C=C\C)c1cnc(C)[nH]1. The van der Waals surface area contributed by atoms with Crippen molar-refractivity contribution in [2.24, 2.45) is 0 Å². The topological polar surface area (TPSA) is 55.0 Å². The van der Waals surface area contributed by atoms with Crippen LogP contribution in [-0.4, -0.2) is 15.9 Å². The zero-order chi connectivity index (χ0) is 23.9. The van der Waals surface area contributed by atoms with E-state index >= 15 is 0 Å². The second-order valence-electron chi connectivity index (χ2n) is 7.56. The van der Waals surface area contributed by atoms with Crippen LogP contribution in [-0.2, 0) is 9.53 Å². The number of carbonyl (C=O) groups excluding carboxylic acids is 1. The number of aromatic amines is 1. The molecule has 0 radical (unpaired) electrons. The molecule has 2 rings (SSSR count). The number of carbonyl (C=O) groups is 1. The molecule has 174 valence electrons. The molecule has 1 aromatic heterocycles. The minimum Gasteiger partial charge on any atom is -0.457 e. The van der Waals surface area contributed by atoms with Crippen molar-refractivity contribution in [2.75, 3.05) is 0 Å². The van der Waals surface area contributed by atoms with Crippen LogP contribution in [0.3, 0.4) is 0 Å². The van der Waals surface area contributed by atoms with Gasteiger partial charge in [0.25, 0.3) is 0 Å². The lowest BCUT2D eigenvalue weighted by molar-refractivity contribution is -0.149. The highest BCUT2D eigenvalue weighted by atomic mass is 35.5. The molecule has 5 heteroatoms. The normalized spacial score (nSPS) is 12.7. The number of aromatic nitrogens is 2. The van der Waals surface area contributed by atoms with Gasteiger partial charge in [-0.3, -0.25) is 4.79 Å². The summed E-state index contributed by atoms with van der Waals surface area (Å²) in [7, 11) is 0. The Morgan fingerprint density at radius 3 is 2.47 bits per heavy atom. The summed E-state index contributed by atoms with van der Waals surface area (Å²) in [6, 6.07) is 5.80. The number of allylic oxidation sites excluding steroid dienone is 6. The maximum Gasteiger partial charge on any atom is 0.306 e. The molecule has 0 aliphatic rings. The fourth-order valence-corrected chi connectivity index (χ4v) is 3.15. The second-order valence-corrected chi connectivity index (χ2v) is 7.96. The van der Waals surface area contributed by atoms with Crippen LogP contribution in [0.1, 0.15) is 82.1 Å². The third kappa shape index (κ3) is 9.69. The van der Waals surface area contributed by atoms with Gasteiger partial charge in [-0.15, -0.1) is 0 Å². The van der Waals surface area contributed by atoms with E-state index in [4.69, 9.17) is 16.3 Å². The van der Waals surface area contributed by atoms with E-state index in [1.165, 1.54) is 0 Å². The van der Waals surface area contributed by atoms with Gasteiger partial charge in [0.1, 0.15) is 11.9 Å². The van der Waals surface area contributed by atoms with Crippen molar-refractivity contribution in [3.05, 3.63) is 82.4 Å². The van der Waals surface area contributed by atoms with Gasteiger partial charge in [-0.2, -0.15) is 0 Å². The van der Waals surface area contributed by atoms with Gasteiger partial charge >= 0.3 is 5.97 Å². The summed E-state index contributed by atoms with van der Waals surface area (Å²) in [6.45, 7) is 12.0. The summed E-state index contributed by atoms with van der Waals surface area (Å²) in [4.78, 5) is 19.0. The molecule has 0 saturated heterocycles. The number of nitrogens with one attached hydrogen (secondary N) is 1. The largest absolute Gasteiger partial charge is 0.457 e. The lowest BCUT2D eigenvalue weighted by Gasteiger charge is -2.18. The zero-order valence-corrected chi connectivity index (χ0v) is 21.0. The zero-order valence-electron chi connectivity index (χ0n) is 20.2. The van der Waals surface area contributed by atoms with Gasteiger partial charge in [-0.05, 0) is 63.3 Å². The van der Waals surface area contributed by atoms with Gasteiger partial charge in [-0.1, -0.05) is 74.4 Å². The molecular formula is C27H37ClN2O2. The first kappa shape index (κ1) is 27.4. The first-order chi connectivity index (χ1) is 15.4. The van der Waals surface area contributed by atoms with Crippen molar-refractivity contribution in [1.82, 2.24) is 9.97 Å². The van der Waals surface area contributed by atoms with Gasteiger partial charge in [0.05, 0.1) is 11.9 Å². The highest BCUT2D eigenvalue weighted by Crippen LogP contribution is 2.27. The fraction of sp³-hybridized carbons (Fsp3) is 0.407. The number of hydrogen-bond donors (Lipinski definition) is 1. The number of H-pyrrole nitrogens is 1. The number of ether oxygens (including phenoxy) is 1. The van der Waals surface area contributed by atoms with E-state index in [0.717, 1.165) is 52.5 Å². The van der Waals surface area contributed by atoms with Crippen molar-refractivity contribution in [2.45, 2.75) is 73.3 Å². The van der Waals surface area contributed by atoms with E-state index < -0.39 is 0 Å². The van der Waals surface area contributed by atoms with Crippen molar-refractivity contribution >= 4 is 23.1 Å². The van der Waals surface area contributed by atoms with Gasteiger partial charge in [-0.25, -0.2) is 4.98 Å². The van der Waals surface area contributed by atoms with Crippen LogP contribution < -0.4 is 0 Å². The Balaban J connectivity index is 0.000000330. The van der Waals surface area contributed by atoms with E-state index in [2.05, 4.69) is 29.0 Å². The molecule has 32 heavy (non-hydrogen) atoms. The Hall–Kier alpha value is -2.59. The number of benzene rings is 1. The third-order valence-electron chi connectivity index (χ3n) is 4.66. The van der Waals surface area contributed by atoms with Crippen molar-refractivity contribution < 1.29 is 9.53 Å². The van der Waals surface area contributed by atoms with Crippen LogP contribution in [0.2, 0.25) is 5.02 Å². The maximum absolute atomic E-state index is 11.6. The van der Waals surface area contributed by atoms with Crippen LogP contribution in [0.15, 0.2) is 54.8 Å². The number of nitrogens with zero attached hydrogens (tertiary/aromatic N) is 1. The molecule has 0 saturated carbocycles. The van der Waals surface area contributed by atoms with E-state index in [1.807, 2.05) is 77.2 Å². The van der Waals surface area contributed by atoms with Crippen LogP contribution in [0.4, 0.5) is 0 Å². The third-order valence-corrected chi connectivity index (χ3v) is 5.08. The molecule has 0 fully saturated rings. The summed E-state index contributed by atoms with van der Waals surface area (Å²) in [5, 5.41) is 0.744. The molecule has 0 bridgehead atoms. The molecule has 1 unspecified atom stereocenters. The van der Waals surface area contributed by atoms with Crippen LogP contribution >= 0.6 is 11.6 Å². The molecule has 0 amide bonds. The molecule has 1 N–H and O–H groups in total. The summed E-state index contributed by atoms with van der Waals surface area (Å²) < 4.78 is 5.53. The Morgan fingerprint density at radius 1 is 1.19 bits per heavy atom. The van der Waals surface area contributed by atoms with E-state index in [9.17, 15) is 4.79 Å². The number of rotatable bonds is 9. The maximum atomic E-state index is 11.6. The van der Waals surface area contributed by atoms with Crippen molar-refractivity contribution in [3.8, 4) is 0 Å². The smallest absolute Gasteiger partial charge is 0.306 e. The molecular weight excluding hydrogens is 420 g/mol. The first-order valence-electron chi connectivity index (χ1n) is 11.3. The summed E-state index contributed by atoms with van der Waals surface area (Å²) in [5.74, 6) is 0.819. The Kier molecular flexibility index (Phi) is 13.1. The minimum atomic E-state index is -0.148. The predicted octanol–water partition coefficient (Wildman–Crippen LogP) is 8.09. The monoisotopic (exact) mass is 456 g/mol. The lowest BCUT2D eigenvalue weighted by Crippen LogP contribution is -2.11. The standard InChI is InChI=1S/C15H21ClO2.C12H16N2/c1-4-6-14(18-15(17)7-5-2)12-8-9-13(16)11(3)10-12;1-4-6-8-11(7-5-2)12-9-13-10(3)14-12/h8-10,14H,4-7H2,1-3H3;4-9H,1-3H3,(H,13,14)/b;6-4+,7-5-,11-8+. The van der Waals surface area contributed by atoms with E-state index in [0.29, 0.717) is 6.42 Å². The molecule has 0 spiro atoms. The van der Waals surface area contributed by atoms with Crippen molar-refractivity contribution in [1.29, 1.82) is 0 Å². The quantitative estimate of drug-likeness (QED) is 0.306. The van der Waals surface area contributed by atoms with E-state index in [-0.39, 0.29) is 12.1 Å². The number of aryl methyl sites for hydroxylation is 2. The second kappa shape index (κ2) is 15.3. The fourth-order valence-electron chi connectivity index (χ4n) is 3.03. The van der Waals surface area contributed by atoms with Crippen LogP contribution in [0.25, 0.3) is 5.57 Å². The summed E-state index contributed by atoms with van der Waals surface area (Å²) in [6.07, 6.45) is 15.0. The summed E-state index contributed by atoms with van der Waals surface area (Å²) in [5.41, 5.74) is 4.25. The number of halogens is 1. The average molecular weight is 457 g/mol. The molecule has 1 aromatic carbocycles. The van der Waals surface area contributed by atoms with Gasteiger partial charge in [0, 0.05) is 11.4 Å². The Bertz CT molecular complexity index is 925. The Labute approximate surface area is 198 Å². The molecule has 0 aliphatic heterocycles. The molecule has 4 nitrogen and oxygen atoms in total. The highest BCUT2D eigenvalue weighted by molar-refractivity contribution is 6.31. The number of esters is 1. The predicted molar refractivity (Wildman–Crippen MR) is 136 cm³/mol. The van der Waals surface area contributed by atoms with Crippen molar-refractivity contribution in [3.63, 3.8) is 0 Å². The molecule has 1 atom stereocenters.